The summed E-state index contributed by atoms with van der Waals surface area (Å²) in [5.74, 6) is -0.316. The molecule has 1 heterocycles. The summed E-state index contributed by atoms with van der Waals surface area (Å²) in [6.45, 7) is -1.75. The number of aliphatic hydroxyl groups excluding tert-OH is 3. The van der Waals surface area contributed by atoms with E-state index in [4.69, 9.17) is 20.1 Å². The van der Waals surface area contributed by atoms with Crippen molar-refractivity contribution in [1.82, 2.24) is 10.3 Å². The van der Waals surface area contributed by atoms with Crippen molar-refractivity contribution in [2.45, 2.75) is 5.54 Å². The SMILES string of the molecule is COc1cnccc1C(=O)NC(CO)(CO)CO. The fourth-order valence-electron chi connectivity index (χ4n) is 1.31. The molecule has 18 heavy (non-hydrogen) atoms. The second-order valence-electron chi connectivity index (χ2n) is 3.78. The van der Waals surface area contributed by atoms with Crippen LogP contribution in [0, 0.1) is 0 Å². The smallest absolute Gasteiger partial charge is 0.255 e. The average Bonchev–Trinajstić information content (AvgIpc) is 2.44. The number of nitrogens with zero attached hydrogens (tertiary/aromatic N) is 1. The van der Waals surface area contributed by atoms with Gasteiger partial charge in [0.25, 0.3) is 5.91 Å². The number of aliphatic hydroxyl groups is 3. The minimum Gasteiger partial charge on any atom is -0.494 e. The van der Waals surface area contributed by atoms with Crippen LogP contribution in [0.3, 0.4) is 0 Å². The van der Waals surface area contributed by atoms with Crippen LogP contribution in [-0.4, -0.2) is 58.7 Å². The Morgan fingerprint density at radius 3 is 2.50 bits per heavy atom. The number of hydrogen-bond acceptors (Lipinski definition) is 6. The van der Waals surface area contributed by atoms with E-state index in [0.29, 0.717) is 0 Å². The zero-order valence-corrected chi connectivity index (χ0v) is 9.96. The third-order valence-corrected chi connectivity index (χ3v) is 2.54. The van der Waals surface area contributed by atoms with Crippen LogP contribution in [-0.2, 0) is 0 Å². The maximum Gasteiger partial charge on any atom is 0.255 e. The monoisotopic (exact) mass is 256 g/mol. The van der Waals surface area contributed by atoms with Gasteiger partial charge in [0.2, 0.25) is 0 Å². The lowest BCUT2D eigenvalue weighted by Crippen LogP contribution is -2.57. The van der Waals surface area contributed by atoms with Gasteiger partial charge in [-0.2, -0.15) is 0 Å². The van der Waals surface area contributed by atoms with Crippen molar-refractivity contribution in [3.63, 3.8) is 0 Å². The molecule has 7 nitrogen and oxygen atoms in total. The number of pyridine rings is 1. The molecule has 1 aromatic heterocycles. The number of carbonyl (C=O) groups excluding carboxylic acids is 1. The summed E-state index contributed by atoms with van der Waals surface area (Å²) in [5, 5.41) is 29.7. The molecule has 1 aromatic rings. The lowest BCUT2D eigenvalue weighted by atomic mass is 10.0. The largest absolute Gasteiger partial charge is 0.494 e. The number of ether oxygens (including phenoxy) is 1. The Morgan fingerprint density at radius 2 is 2.00 bits per heavy atom. The Kier molecular flexibility index (Phi) is 5.02. The summed E-state index contributed by atoms with van der Waals surface area (Å²) in [6, 6.07) is 1.44. The molecule has 1 rings (SSSR count). The summed E-state index contributed by atoms with van der Waals surface area (Å²) in [6.07, 6.45) is 2.78. The molecule has 0 aliphatic heterocycles. The number of methoxy groups -OCH3 is 1. The normalized spacial score (nSPS) is 11.1. The van der Waals surface area contributed by atoms with Gasteiger partial charge in [-0.3, -0.25) is 9.78 Å². The van der Waals surface area contributed by atoms with Gasteiger partial charge in [0.05, 0.1) is 38.7 Å². The summed E-state index contributed by atoms with van der Waals surface area (Å²) in [4.78, 5) is 15.8. The van der Waals surface area contributed by atoms with E-state index in [1.165, 1.54) is 25.6 Å². The molecule has 0 radical (unpaired) electrons. The molecular formula is C11H16N2O5. The van der Waals surface area contributed by atoms with Crippen molar-refractivity contribution in [2.24, 2.45) is 0 Å². The van der Waals surface area contributed by atoms with Crippen LogP contribution in [0.1, 0.15) is 10.4 Å². The van der Waals surface area contributed by atoms with Crippen LogP contribution in [0.15, 0.2) is 18.5 Å². The first-order valence-corrected chi connectivity index (χ1v) is 5.25. The highest BCUT2D eigenvalue weighted by atomic mass is 16.5. The zero-order valence-electron chi connectivity index (χ0n) is 9.96. The molecule has 0 aromatic carbocycles. The lowest BCUT2D eigenvalue weighted by molar-refractivity contribution is 0.0374. The van der Waals surface area contributed by atoms with Crippen LogP contribution < -0.4 is 10.1 Å². The molecule has 100 valence electrons. The fraction of sp³-hybridized carbons (Fsp3) is 0.455. The Morgan fingerprint density at radius 1 is 1.39 bits per heavy atom. The number of carbonyl (C=O) groups is 1. The third-order valence-electron chi connectivity index (χ3n) is 2.54. The van der Waals surface area contributed by atoms with Gasteiger partial charge < -0.3 is 25.4 Å². The zero-order chi connectivity index (χ0) is 13.6. The maximum absolute atomic E-state index is 12.0. The topological polar surface area (TPSA) is 112 Å². The first-order valence-electron chi connectivity index (χ1n) is 5.25. The second-order valence-corrected chi connectivity index (χ2v) is 3.78. The first kappa shape index (κ1) is 14.4. The summed E-state index contributed by atoms with van der Waals surface area (Å²) < 4.78 is 4.97. The van der Waals surface area contributed by atoms with E-state index < -0.39 is 31.3 Å². The third kappa shape index (κ3) is 2.95. The quantitative estimate of drug-likeness (QED) is 0.494. The van der Waals surface area contributed by atoms with E-state index in [-0.39, 0.29) is 11.3 Å². The molecule has 4 N–H and O–H groups in total. The Labute approximate surface area is 104 Å². The van der Waals surface area contributed by atoms with Gasteiger partial charge in [-0.1, -0.05) is 0 Å². The van der Waals surface area contributed by atoms with Gasteiger partial charge >= 0.3 is 0 Å². The standard InChI is InChI=1S/C11H16N2O5/c1-18-9-4-12-3-2-8(9)10(17)13-11(5-14,6-15)7-16/h2-4,14-16H,5-7H2,1H3,(H,13,17). The maximum atomic E-state index is 12.0. The van der Waals surface area contributed by atoms with Crippen molar-refractivity contribution in [3.05, 3.63) is 24.0 Å². The summed E-state index contributed by atoms with van der Waals surface area (Å²) >= 11 is 0. The molecule has 0 unspecified atom stereocenters. The first-order chi connectivity index (χ1) is 8.62. The van der Waals surface area contributed by atoms with Gasteiger partial charge in [-0.05, 0) is 6.07 Å². The second kappa shape index (κ2) is 6.29. The number of nitrogens with one attached hydrogen (secondary N) is 1. The average molecular weight is 256 g/mol. The molecule has 0 bridgehead atoms. The molecule has 0 saturated heterocycles. The lowest BCUT2D eigenvalue weighted by Gasteiger charge is -2.28. The van der Waals surface area contributed by atoms with E-state index in [1.54, 1.807) is 0 Å². The predicted octanol–water partition coefficient (Wildman–Crippen LogP) is -1.46. The van der Waals surface area contributed by atoms with E-state index in [2.05, 4.69) is 10.3 Å². The highest BCUT2D eigenvalue weighted by Gasteiger charge is 2.31. The molecule has 1 amide bonds. The van der Waals surface area contributed by atoms with Crippen LogP contribution in [0.2, 0.25) is 0 Å². The molecule has 7 heteroatoms. The van der Waals surface area contributed by atoms with Gasteiger partial charge in [-0.25, -0.2) is 0 Å². The van der Waals surface area contributed by atoms with E-state index in [0.717, 1.165) is 0 Å². The minimum absolute atomic E-state index is 0.201. The van der Waals surface area contributed by atoms with Crippen molar-refractivity contribution in [3.8, 4) is 5.75 Å². The van der Waals surface area contributed by atoms with Crippen molar-refractivity contribution >= 4 is 5.91 Å². The Bertz CT molecular complexity index is 398. The molecule has 0 aliphatic carbocycles. The van der Waals surface area contributed by atoms with E-state index in [9.17, 15) is 4.79 Å². The summed E-state index contributed by atoms with van der Waals surface area (Å²) in [5.41, 5.74) is -1.27. The Hall–Kier alpha value is -1.70. The number of rotatable bonds is 6. The van der Waals surface area contributed by atoms with Crippen LogP contribution >= 0.6 is 0 Å². The fourth-order valence-corrected chi connectivity index (χ4v) is 1.31. The highest BCUT2D eigenvalue weighted by Crippen LogP contribution is 2.16. The molecule has 0 atom stereocenters. The molecule has 0 aliphatic rings. The Balaban J connectivity index is 2.94. The molecular weight excluding hydrogens is 240 g/mol. The number of hydrogen-bond donors (Lipinski definition) is 4. The summed E-state index contributed by atoms with van der Waals surface area (Å²) in [7, 11) is 1.39. The van der Waals surface area contributed by atoms with E-state index in [1.807, 2.05) is 0 Å². The number of amides is 1. The van der Waals surface area contributed by atoms with Crippen molar-refractivity contribution in [2.75, 3.05) is 26.9 Å². The molecule has 0 spiro atoms. The van der Waals surface area contributed by atoms with Crippen LogP contribution in [0.4, 0.5) is 0 Å². The number of aromatic nitrogens is 1. The van der Waals surface area contributed by atoms with Gasteiger partial charge in [0, 0.05) is 6.20 Å². The molecule has 0 saturated carbocycles. The predicted molar refractivity (Wildman–Crippen MR) is 62.2 cm³/mol. The van der Waals surface area contributed by atoms with Crippen LogP contribution in [0.5, 0.6) is 5.75 Å². The molecule has 0 fully saturated rings. The van der Waals surface area contributed by atoms with Gasteiger partial charge in [0.15, 0.2) is 0 Å². The van der Waals surface area contributed by atoms with Gasteiger partial charge in [-0.15, -0.1) is 0 Å². The minimum atomic E-state index is -1.47. The van der Waals surface area contributed by atoms with Crippen LogP contribution in [0.25, 0.3) is 0 Å². The van der Waals surface area contributed by atoms with Crippen molar-refractivity contribution in [1.29, 1.82) is 0 Å². The highest BCUT2D eigenvalue weighted by molar-refractivity contribution is 5.97. The van der Waals surface area contributed by atoms with Crippen molar-refractivity contribution < 1.29 is 24.9 Å². The van der Waals surface area contributed by atoms with Gasteiger partial charge in [0.1, 0.15) is 11.3 Å². The van der Waals surface area contributed by atoms with E-state index >= 15 is 0 Å².